The third-order valence-corrected chi connectivity index (χ3v) is 2.27. The molecule has 1 rings (SSSR count). The number of alkyl halides is 3. The average Bonchev–Trinajstić information content (AvgIpc) is 2.28. The molecule has 92 valence electrons. The molecule has 0 heterocycles. The van der Waals surface area contributed by atoms with E-state index < -0.39 is 11.7 Å². The minimum atomic E-state index is -4.65. The van der Waals surface area contributed by atoms with Gasteiger partial charge in [-0.25, -0.2) is 0 Å². The molecule has 0 aliphatic rings. The number of nitriles is 1. The molecule has 1 N–H and O–H groups in total. The van der Waals surface area contributed by atoms with Crippen molar-refractivity contribution in [2.75, 3.05) is 12.4 Å². The lowest BCUT2D eigenvalue weighted by Gasteiger charge is -2.27. The molecule has 0 saturated carbocycles. The van der Waals surface area contributed by atoms with Crippen molar-refractivity contribution in [3.8, 4) is 11.8 Å². The zero-order valence-electron chi connectivity index (χ0n) is 9.30. The first kappa shape index (κ1) is 13.2. The van der Waals surface area contributed by atoms with E-state index in [1.807, 2.05) is 0 Å². The smallest absolute Gasteiger partial charge is 0.424 e. The van der Waals surface area contributed by atoms with Gasteiger partial charge >= 0.3 is 6.18 Å². The predicted molar refractivity (Wildman–Crippen MR) is 56.7 cm³/mol. The second kappa shape index (κ2) is 4.53. The van der Waals surface area contributed by atoms with Crippen molar-refractivity contribution >= 4 is 5.69 Å². The molecule has 0 spiro atoms. The van der Waals surface area contributed by atoms with Crippen LogP contribution >= 0.6 is 0 Å². The second-order valence-electron chi connectivity index (χ2n) is 3.59. The molecule has 3 nitrogen and oxygen atoms in total. The molecule has 1 aromatic rings. The van der Waals surface area contributed by atoms with Gasteiger partial charge in [-0.15, -0.1) is 0 Å². The summed E-state index contributed by atoms with van der Waals surface area (Å²) in [5.41, 5.74) is -2.41. The topological polar surface area (TPSA) is 45.0 Å². The molecule has 0 saturated heterocycles. The van der Waals surface area contributed by atoms with Gasteiger partial charge in [-0.05, 0) is 31.2 Å². The molecule has 1 unspecified atom stereocenters. The molecule has 6 heteroatoms. The number of ether oxygens (including phenoxy) is 1. The number of methoxy groups -OCH3 is 1. The van der Waals surface area contributed by atoms with Crippen molar-refractivity contribution < 1.29 is 17.9 Å². The summed E-state index contributed by atoms with van der Waals surface area (Å²) in [5.74, 6) is 0.529. The summed E-state index contributed by atoms with van der Waals surface area (Å²) in [6.07, 6.45) is -4.65. The van der Waals surface area contributed by atoms with Gasteiger partial charge in [0.15, 0.2) is 0 Å². The van der Waals surface area contributed by atoms with Crippen LogP contribution in [0.4, 0.5) is 18.9 Å². The van der Waals surface area contributed by atoms with Gasteiger partial charge in [-0.1, -0.05) is 0 Å². The summed E-state index contributed by atoms with van der Waals surface area (Å²) in [7, 11) is 1.46. The van der Waals surface area contributed by atoms with E-state index in [2.05, 4.69) is 5.32 Å². The SMILES string of the molecule is COc1ccc(NC(C)(C#N)C(F)(F)F)cc1. The van der Waals surface area contributed by atoms with E-state index in [1.165, 1.54) is 37.4 Å². The van der Waals surface area contributed by atoms with Gasteiger partial charge in [0, 0.05) is 5.69 Å². The minimum absolute atomic E-state index is 0.201. The summed E-state index contributed by atoms with van der Waals surface area (Å²) in [4.78, 5) is 0. The Morgan fingerprint density at radius 3 is 2.12 bits per heavy atom. The van der Waals surface area contributed by atoms with E-state index >= 15 is 0 Å². The largest absolute Gasteiger partial charge is 0.497 e. The number of anilines is 1. The van der Waals surface area contributed by atoms with E-state index in [9.17, 15) is 13.2 Å². The van der Waals surface area contributed by atoms with Crippen molar-refractivity contribution in [2.24, 2.45) is 0 Å². The molecular formula is C11H11F3N2O. The summed E-state index contributed by atoms with van der Waals surface area (Å²) in [6, 6.07) is 7.08. The van der Waals surface area contributed by atoms with Crippen LogP contribution in [0.2, 0.25) is 0 Å². The minimum Gasteiger partial charge on any atom is -0.497 e. The number of rotatable bonds is 3. The predicted octanol–water partition coefficient (Wildman–Crippen LogP) is 2.95. The quantitative estimate of drug-likeness (QED) is 0.889. The number of nitrogens with one attached hydrogen (secondary N) is 1. The highest BCUT2D eigenvalue weighted by molar-refractivity contribution is 5.50. The molecule has 0 bridgehead atoms. The van der Waals surface area contributed by atoms with Crippen molar-refractivity contribution in [2.45, 2.75) is 18.6 Å². The van der Waals surface area contributed by atoms with Crippen LogP contribution in [0.15, 0.2) is 24.3 Å². The Bertz CT molecular complexity index is 422. The number of hydrogen-bond acceptors (Lipinski definition) is 3. The molecule has 0 radical (unpaired) electrons. The van der Waals surface area contributed by atoms with Crippen molar-refractivity contribution in [1.82, 2.24) is 0 Å². The van der Waals surface area contributed by atoms with Crippen LogP contribution in [-0.2, 0) is 0 Å². The fourth-order valence-corrected chi connectivity index (χ4v) is 1.13. The van der Waals surface area contributed by atoms with Gasteiger partial charge < -0.3 is 10.1 Å². The zero-order valence-corrected chi connectivity index (χ0v) is 9.30. The number of hydrogen-bond donors (Lipinski definition) is 1. The number of halogens is 3. The van der Waals surface area contributed by atoms with Crippen molar-refractivity contribution in [3.05, 3.63) is 24.3 Å². The lowest BCUT2D eigenvalue weighted by atomic mass is 10.0. The number of nitrogens with zero attached hydrogens (tertiary/aromatic N) is 1. The van der Waals surface area contributed by atoms with E-state index in [4.69, 9.17) is 10.00 Å². The fraction of sp³-hybridized carbons (Fsp3) is 0.364. The van der Waals surface area contributed by atoms with Gasteiger partial charge in [0.05, 0.1) is 7.11 Å². The van der Waals surface area contributed by atoms with E-state index in [0.29, 0.717) is 5.75 Å². The van der Waals surface area contributed by atoms with Crippen LogP contribution in [-0.4, -0.2) is 18.8 Å². The van der Waals surface area contributed by atoms with Crippen LogP contribution in [0.25, 0.3) is 0 Å². The maximum Gasteiger partial charge on any atom is 0.424 e. The molecule has 1 atom stereocenters. The monoisotopic (exact) mass is 244 g/mol. The molecule has 0 aromatic heterocycles. The van der Waals surface area contributed by atoms with Crippen LogP contribution in [0.5, 0.6) is 5.75 Å². The Hall–Kier alpha value is -1.90. The molecule has 0 aliphatic heterocycles. The van der Waals surface area contributed by atoms with Gasteiger partial charge in [-0.3, -0.25) is 0 Å². The second-order valence-corrected chi connectivity index (χ2v) is 3.59. The first-order valence-corrected chi connectivity index (χ1v) is 4.72. The van der Waals surface area contributed by atoms with Crippen molar-refractivity contribution in [1.29, 1.82) is 5.26 Å². The van der Waals surface area contributed by atoms with Crippen LogP contribution in [0, 0.1) is 11.3 Å². The van der Waals surface area contributed by atoms with Gasteiger partial charge in [0.2, 0.25) is 5.54 Å². The van der Waals surface area contributed by atoms with Crippen molar-refractivity contribution in [3.63, 3.8) is 0 Å². The van der Waals surface area contributed by atoms with Gasteiger partial charge in [0.1, 0.15) is 11.8 Å². The highest BCUT2D eigenvalue weighted by atomic mass is 19.4. The standard InChI is InChI=1S/C11H11F3N2O/c1-10(7-15,11(12,13)14)16-8-3-5-9(17-2)6-4-8/h3-6,16H,1-2H3. The Morgan fingerprint density at radius 2 is 1.76 bits per heavy atom. The first-order chi connectivity index (χ1) is 7.82. The highest BCUT2D eigenvalue weighted by Gasteiger charge is 2.52. The molecular weight excluding hydrogens is 233 g/mol. The average molecular weight is 244 g/mol. The fourth-order valence-electron chi connectivity index (χ4n) is 1.13. The molecule has 17 heavy (non-hydrogen) atoms. The van der Waals surface area contributed by atoms with Gasteiger partial charge in [0.25, 0.3) is 0 Å². The summed E-state index contributed by atoms with van der Waals surface area (Å²) < 4.78 is 42.8. The Kier molecular flexibility index (Phi) is 3.51. The van der Waals surface area contributed by atoms with E-state index in [1.54, 1.807) is 0 Å². The maximum absolute atomic E-state index is 12.6. The lowest BCUT2D eigenvalue weighted by Crippen LogP contribution is -2.47. The third-order valence-electron chi connectivity index (χ3n) is 2.27. The summed E-state index contributed by atoms with van der Waals surface area (Å²) in [6.45, 7) is 0.789. The third kappa shape index (κ3) is 2.81. The van der Waals surface area contributed by atoms with Crippen LogP contribution in [0.3, 0.4) is 0 Å². The van der Waals surface area contributed by atoms with E-state index in [0.717, 1.165) is 6.92 Å². The first-order valence-electron chi connectivity index (χ1n) is 4.72. The lowest BCUT2D eigenvalue weighted by molar-refractivity contribution is -0.158. The molecule has 0 fully saturated rings. The zero-order chi connectivity index (χ0) is 13.1. The Labute approximate surface area is 96.8 Å². The summed E-state index contributed by atoms with van der Waals surface area (Å²) >= 11 is 0. The van der Waals surface area contributed by atoms with Gasteiger partial charge in [-0.2, -0.15) is 18.4 Å². The number of benzene rings is 1. The van der Waals surface area contributed by atoms with E-state index in [-0.39, 0.29) is 5.69 Å². The normalized spacial score (nSPS) is 14.6. The Morgan fingerprint density at radius 1 is 1.24 bits per heavy atom. The molecule has 0 aliphatic carbocycles. The Balaban J connectivity index is 2.93. The molecule has 0 amide bonds. The molecule has 1 aromatic carbocycles. The highest BCUT2D eigenvalue weighted by Crippen LogP contribution is 2.33. The van der Waals surface area contributed by atoms with Crippen LogP contribution in [0.1, 0.15) is 6.92 Å². The summed E-state index contributed by atoms with van der Waals surface area (Å²) in [5, 5.41) is 10.8. The maximum atomic E-state index is 12.6. The van der Waals surface area contributed by atoms with Crippen LogP contribution < -0.4 is 10.1 Å².